The monoisotopic (exact) mass is 345 g/mol. The highest BCUT2D eigenvalue weighted by molar-refractivity contribution is 7.13. The van der Waals surface area contributed by atoms with Crippen LogP contribution in [0, 0.1) is 5.92 Å². The number of nitrogens with zero attached hydrogens (tertiary/aromatic N) is 2. The van der Waals surface area contributed by atoms with Gasteiger partial charge in [-0.1, -0.05) is 18.2 Å². The van der Waals surface area contributed by atoms with Crippen molar-refractivity contribution in [3.05, 3.63) is 41.9 Å². The number of hydrogen-bond donors (Lipinski definition) is 1. The molecule has 0 saturated heterocycles. The molecule has 1 aromatic heterocycles. The summed E-state index contributed by atoms with van der Waals surface area (Å²) >= 11 is 1.35. The van der Waals surface area contributed by atoms with E-state index in [1.165, 1.54) is 11.3 Å². The molecule has 2 aromatic rings. The number of ether oxygens (including phenoxy) is 1. The van der Waals surface area contributed by atoms with Crippen molar-refractivity contribution in [2.24, 2.45) is 5.92 Å². The molecule has 1 aliphatic rings. The molecule has 3 rings (SSSR count). The summed E-state index contributed by atoms with van der Waals surface area (Å²) in [6.07, 6.45) is 3.84. The summed E-state index contributed by atoms with van der Waals surface area (Å²) in [6, 6.07) is 9.19. The summed E-state index contributed by atoms with van der Waals surface area (Å²) in [5.74, 6) is 0.724. The molecule has 0 spiro atoms. The van der Waals surface area contributed by atoms with Gasteiger partial charge < -0.3 is 15.0 Å². The second-order valence-corrected chi connectivity index (χ2v) is 6.60. The van der Waals surface area contributed by atoms with E-state index < -0.39 is 0 Å². The topological polar surface area (TPSA) is 71.5 Å². The van der Waals surface area contributed by atoms with E-state index in [-0.39, 0.29) is 25.0 Å². The van der Waals surface area contributed by atoms with E-state index in [9.17, 15) is 9.59 Å². The quantitative estimate of drug-likeness (QED) is 0.797. The second-order valence-electron chi connectivity index (χ2n) is 5.70. The standard InChI is InChI=1S/C17H19N3O3S/c21-15(19-17-18-8-9-24-17)11-20(10-13-6-7-13)16(22)12-23-14-4-2-1-3-5-14/h1-5,8-9,13H,6-7,10-12H2,(H,18,19,21). The number of carbonyl (C=O) groups is 2. The number of benzene rings is 1. The van der Waals surface area contributed by atoms with E-state index in [0.29, 0.717) is 23.3 Å². The number of nitrogens with one attached hydrogen (secondary N) is 1. The first-order valence-corrected chi connectivity index (χ1v) is 8.73. The van der Waals surface area contributed by atoms with E-state index in [2.05, 4.69) is 10.3 Å². The van der Waals surface area contributed by atoms with Crippen LogP contribution in [0.1, 0.15) is 12.8 Å². The van der Waals surface area contributed by atoms with E-state index in [0.717, 1.165) is 12.8 Å². The van der Waals surface area contributed by atoms with Crippen molar-refractivity contribution in [1.29, 1.82) is 0 Å². The second kappa shape index (κ2) is 7.92. The van der Waals surface area contributed by atoms with E-state index in [1.807, 2.05) is 18.2 Å². The maximum atomic E-state index is 12.4. The number of anilines is 1. The van der Waals surface area contributed by atoms with Gasteiger partial charge in [-0.2, -0.15) is 0 Å². The van der Waals surface area contributed by atoms with Crippen molar-refractivity contribution in [1.82, 2.24) is 9.88 Å². The third kappa shape index (κ3) is 5.06. The highest BCUT2D eigenvalue weighted by Gasteiger charge is 2.28. The molecule has 0 unspecified atom stereocenters. The van der Waals surface area contributed by atoms with Gasteiger partial charge in [0.1, 0.15) is 12.3 Å². The molecular weight excluding hydrogens is 326 g/mol. The third-order valence-electron chi connectivity index (χ3n) is 3.65. The maximum Gasteiger partial charge on any atom is 0.260 e. The Labute approximate surface area is 144 Å². The van der Waals surface area contributed by atoms with Crippen LogP contribution >= 0.6 is 11.3 Å². The van der Waals surface area contributed by atoms with Crippen molar-refractivity contribution in [2.45, 2.75) is 12.8 Å². The van der Waals surface area contributed by atoms with Crippen molar-refractivity contribution in [3.63, 3.8) is 0 Å². The predicted octanol–water partition coefficient (Wildman–Crippen LogP) is 2.40. The Morgan fingerprint density at radius 3 is 2.75 bits per heavy atom. The fourth-order valence-corrected chi connectivity index (χ4v) is 2.78. The smallest absolute Gasteiger partial charge is 0.260 e. The van der Waals surface area contributed by atoms with Crippen LogP contribution in [0.3, 0.4) is 0 Å². The largest absolute Gasteiger partial charge is 0.484 e. The van der Waals surface area contributed by atoms with Crippen molar-refractivity contribution < 1.29 is 14.3 Å². The minimum Gasteiger partial charge on any atom is -0.484 e. The van der Waals surface area contributed by atoms with Gasteiger partial charge in [-0.3, -0.25) is 9.59 Å². The van der Waals surface area contributed by atoms with Gasteiger partial charge in [0.15, 0.2) is 11.7 Å². The van der Waals surface area contributed by atoms with Crippen molar-refractivity contribution in [2.75, 3.05) is 25.0 Å². The van der Waals surface area contributed by atoms with Crippen LogP contribution in [-0.2, 0) is 9.59 Å². The highest BCUT2D eigenvalue weighted by Crippen LogP contribution is 2.29. The van der Waals surface area contributed by atoms with Crippen LogP contribution in [0.25, 0.3) is 0 Å². The number of amides is 2. The van der Waals surface area contributed by atoms with Crippen LogP contribution < -0.4 is 10.1 Å². The molecule has 0 aliphatic heterocycles. The first-order chi connectivity index (χ1) is 11.7. The molecule has 1 fully saturated rings. The van der Waals surface area contributed by atoms with Crippen molar-refractivity contribution in [3.8, 4) is 5.75 Å². The summed E-state index contributed by atoms with van der Waals surface area (Å²) in [7, 11) is 0. The van der Waals surface area contributed by atoms with Gasteiger partial charge in [-0.15, -0.1) is 11.3 Å². The fourth-order valence-electron chi connectivity index (χ4n) is 2.24. The molecule has 1 heterocycles. The van der Waals surface area contributed by atoms with E-state index in [1.54, 1.807) is 28.6 Å². The molecule has 0 atom stereocenters. The zero-order valence-corrected chi connectivity index (χ0v) is 14.0. The zero-order valence-electron chi connectivity index (χ0n) is 13.2. The molecule has 1 N–H and O–H groups in total. The van der Waals surface area contributed by atoms with Gasteiger partial charge in [0.25, 0.3) is 5.91 Å². The summed E-state index contributed by atoms with van der Waals surface area (Å²) in [5, 5.41) is 5.04. The van der Waals surface area contributed by atoms with Gasteiger partial charge in [-0.05, 0) is 30.9 Å². The lowest BCUT2D eigenvalue weighted by Crippen LogP contribution is -2.41. The Morgan fingerprint density at radius 1 is 1.29 bits per heavy atom. The molecule has 2 amide bonds. The van der Waals surface area contributed by atoms with Gasteiger partial charge >= 0.3 is 0 Å². The third-order valence-corrected chi connectivity index (χ3v) is 4.34. The van der Waals surface area contributed by atoms with E-state index in [4.69, 9.17) is 4.74 Å². The molecule has 1 aliphatic carbocycles. The molecule has 0 bridgehead atoms. The molecular formula is C17H19N3O3S. The summed E-state index contributed by atoms with van der Waals surface area (Å²) in [5.41, 5.74) is 0. The minimum atomic E-state index is -0.237. The Morgan fingerprint density at radius 2 is 2.08 bits per heavy atom. The number of para-hydroxylation sites is 1. The lowest BCUT2D eigenvalue weighted by molar-refractivity contribution is -0.136. The Bertz CT molecular complexity index is 672. The molecule has 126 valence electrons. The van der Waals surface area contributed by atoms with Gasteiger partial charge in [0.2, 0.25) is 5.91 Å². The first-order valence-electron chi connectivity index (χ1n) is 7.85. The van der Waals surface area contributed by atoms with E-state index >= 15 is 0 Å². The molecule has 6 nitrogen and oxygen atoms in total. The average Bonchev–Trinajstić information content (AvgIpc) is 3.26. The molecule has 1 saturated carbocycles. The lowest BCUT2D eigenvalue weighted by atomic mass is 10.3. The predicted molar refractivity (Wildman–Crippen MR) is 92.0 cm³/mol. The van der Waals surface area contributed by atoms with Crippen molar-refractivity contribution >= 4 is 28.3 Å². The van der Waals surface area contributed by atoms with Gasteiger partial charge in [-0.25, -0.2) is 4.98 Å². The lowest BCUT2D eigenvalue weighted by Gasteiger charge is -2.22. The summed E-state index contributed by atoms with van der Waals surface area (Å²) < 4.78 is 5.50. The van der Waals surface area contributed by atoms with Gasteiger partial charge in [0, 0.05) is 18.1 Å². The summed E-state index contributed by atoms with van der Waals surface area (Å²) in [4.78, 5) is 30.1. The minimum absolute atomic E-state index is 0.0209. The number of thiazole rings is 1. The molecule has 0 radical (unpaired) electrons. The normalized spacial score (nSPS) is 13.3. The van der Waals surface area contributed by atoms with Crippen LogP contribution in [0.15, 0.2) is 41.9 Å². The number of carbonyl (C=O) groups excluding carboxylic acids is 2. The zero-order chi connectivity index (χ0) is 16.8. The maximum absolute atomic E-state index is 12.4. The van der Waals surface area contributed by atoms with Crippen LogP contribution in [0.4, 0.5) is 5.13 Å². The highest BCUT2D eigenvalue weighted by atomic mass is 32.1. The molecule has 1 aromatic carbocycles. The van der Waals surface area contributed by atoms with Gasteiger partial charge in [0.05, 0.1) is 0 Å². The fraction of sp³-hybridized carbons (Fsp3) is 0.353. The first kappa shape index (κ1) is 16.4. The Kier molecular flexibility index (Phi) is 5.43. The Balaban J connectivity index is 1.53. The number of aromatic nitrogens is 1. The van der Waals surface area contributed by atoms with Crippen LogP contribution in [-0.4, -0.2) is 41.4 Å². The summed E-state index contributed by atoms with van der Waals surface area (Å²) in [6.45, 7) is 0.552. The number of rotatable bonds is 8. The number of hydrogen-bond acceptors (Lipinski definition) is 5. The van der Waals surface area contributed by atoms with Crippen LogP contribution in [0.5, 0.6) is 5.75 Å². The average molecular weight is 345 g/mol. The Hall–Kier alpha value is -2.41. The molecule has 7 heteroatoms. The van der Waals surface area contributed by atoms with Crippen LogP contribution in [0.2, 0.25) is 0 Å². The SMILES string of the molecule is O=C(CN(CC1CC1)C(=O)COc1ccccc1)Nc1nccs1. The molecule has 24 heavy (non-hydrogen) atoms.